The second-order valence-corrected chi connectivity index (χ2v) is 4.72. The van der Waals surface area contributed by atoms with E-state index in [1.807, 2.05) is 0 Å². The van der Waals surface area contributed by atoms with Gasteiger partial charge in [0, 0.05) is 6.61 Å². The van der Waals surface area contributed by atoms with Crippen LogP contribution < -0.4 is 11.1 Å². The molecular weight excluding hydrogens is 228 g/mol. The Hall–Kier alpha value is -1.39. The molecular formula is C14H20N2O2. The Bertz CT molecular complexity index is 403. The van der Waals surface area contributed by atoms with Crippen LogP contribution in [0.15, 0.2) is 24.3 Å². The van der Waals surface area contributed by atoms with Gasteiger partial charge in [-0.3, -0.25) is 4.79 Å². The number of nitrogens with two attached hydrogens (primary N) is 1. The number of hydrogen-bond acceptors (Lipinski definition) is 3. The molecule has 2 unspecified atom stereocenters. The summed E-state index contributed by atoms with van der Waals surface area (Å²) in [5.74, 6) is -0.123. The zero-order chi connectivity index (χ0) is 13.0. The molecule has 1 fully saturated rings. The van der Waals surface area contributed by atoms with Gasteiger partial charge in [0.1, 0.15) is 6.10 Å². The number of benzene rings is 1. The van der Waals surface area contributed by atoms with Crippen molar-refractivity contribution in [3.63, 3.8) is 0 Å². The maximum Gasteiger partial charge on any atom is 0.234 e. The van der Waals surface area contributed by atoms with Gasteiger partial charge in [0.05, 0.1) is 12.6 Å². The maximum atomic E-state index is 11.4. The first-order valence-electron chi connectivity index (χ1n) is 6.38. The third kappa shape index (κ3) is 3.09. The van der Waals surface area contributed by atoms with E-state index < -0.39 is 0 Å². The smallest absolute Gasteiger partial charge is 0.234 e. The highest BCUT2D eigenvalue weighted by Gasteiger charge is 2.28. The lowest BCUT2D eigenvalue weighted by atomic mass is 9.95. The summed E-state index contributed by atoms with van der Waals surface area (Å²) in [5.41, 5.74) is 7.67. The molecule has 0 radical (unpaired) electrons. The molecule has 1 saturated heterocycles. The number of nitrogens with one attached hydrogen (secondary N) is 1. The third-order valence-corrected chi connectivity index (χ3v) is 3.26. The maximum absolute atomic E-state index is 11.4. The summed E-state index contributed by atoms with van der Waals surface area (Å²) >= 11 is 0. The highest BCUT2D eigenvalue weighted by molar-refractivity contribution is 5.78. The van der Waals surface area contributed by atoms with Crippen molar-refractivity contribution in [2.24, 2.45) is 5.73 Å². The predicted octanol–water partition coefficient (Wildman–Crippen LogP) is 1.29. The lowest BCUT2D eigenvalue weighted by molar-refractivity contribution is -0.122. The number of ether oxygens (including phenoxy) is 1. The van der Waals surface area contributed by atoms with E-state index in [0.717, 1.165) is 25.0 Å². The number of hydrogen-bond donors (Lipinski definition) is 2. The van der Waals surface area contributed by atoms with Crippen LogP contribution in [0.3, 0.4) is 0 Å². The van der Waals surface area contributed by atoms with E-state index in [1.165, 1.54) is 5.56 Å². The second kappa shape index (κ2) is 5.98. The Morgan fingerprint density at radius 1 is 1.44 bits per heavy atom. The molecule has 98 valence electrons. The van der Waals surface area contributed by atoms with Crippen LogP contribution in [0.4, 0.5) is 0 Å². The van der Waals surface area contributed by atoms with Crippen LogP contribution in [-0.2, 0) is 9.53 Å². The number of aryl methyl sites for hydroxylation is 1. The molecule has 1 heterocycles. The summed E-state index contributed by atoms with van der Waals surface area (Å²) in [7, 11) is 0. The first-order valence-corrected chi connectivity index (χ1v) is 6.38. The standard InChI is InChI=1S/C14H20N2O2/c1-10-4-6-11(7-5-10)14-12(3-2-8-18-14)16-13(17)9-15/h4-7,12,14H,2-3,8-9,15H2,1H3,(H,16,17). The number of carbonyl (C=O) groups is 1. The van der Waals surface area contributed by atoms with E-state index in [4.69, 9.17) is 10.5 Å². The molecule has 3 N–H and O–H groups in total. The topological polar surface area (TPSA) is 64.3 Å². The van der Waals surface area contributed by atoms with Gasteiger partial charge in [0.2, 0.25) is 5.91 Å². The average molecular weight is 248 g/mol. The molecule has 4 heteroatoms. The first-order chi connectivity index (χ1) is 8.70. The molecule has 4 nitrogen and oxygen atoms in total. The second-order valence-electron chi connectivity index (χ2n) is 4.72. The third-order valence-electron chi connectivity index (χ3n) is 3.26. The molecule has 18 heavy (non-hydrogen) atoms. The minimum atomic E-state index is -0.123. The van der Waals surface area contributed by atoms with Crippen molar-refractivity contribution < 1.29 is 9.53 Å². The van der Waals surface area contributed by atoms with E-state index in [-0.39, 0.29) is 24.6 Å². The zero-order valence-corrected chi connectivity index (χ0v) is 10.7. The molecule has 2 rings (SSSR count). The van der Waals surface area contributed by atoms with Crippen LogP contribution >= 0.6 is 0 Å². The van der Waals surface area contributed by atoms with Gasteiger partial charge >= 0.3 is 0 Å². The minimum Gasteiger partial charge on any atom is -0.371 e. The van der Waals surface area contributed by atoms with Crippen molar-refractivity contribution in [3.8, 4) is 0 Å². The molecule has 1 aliphatic heterocycles. The Labute approximate surface area is 108 Å². The van der Waals surface area contributed by atoms with Crippen molar-refractivity contribution in [1.82, 2.24) is 5.32 Å². The fraction of sp³-hybridized carbons (Fsp3) is 0.500. The van der Waals surface area contributed by atoms with Crippen molar-refractivity contribution in [1.29, 1.82) is 0 Å². The Kier molecular flexibility index (Phi) is 4.33. The lowest BCUT2D eigenvalue weighted by Gasteiger charge is -2.32. The first kappa shape index (κ1) is 13.1. The van der Waals surface area contributed by atoms with Crippen LogP contribution in [0.1, 0.15) is 30.1 Å². The lowest BCUT2D eigenvalue weighted by Crippen LogP contribution is -2.45. The molecule has 0 aromatic heterocycles. The van der Waals surface area contributed by atoms with Gasteiger partial charge < -0.3 is 15.8 Å². The minimum absolute atomic E-state index is 0.0249. The monoisotopic (exact) mass is 248 g/mol. The summed E-state index contributed by atoms with van der Waals surface area (Å²) in [6.45, 7) is 2.82. The van der Waals surface area contributed by atoms with Gasteiger partial charge in [-0.2, -0.15) is 0 Å². The Morgan fingerprint density at radius 3 is 2.83 bits per heavy atom. The van der Waals surface area contributed by atoms with Gasteiger partial charge in [-0.15, -0.1) is 0 Å². The molecule has 0 aliphatic carbocycles. The molecule has 0 saturated carbocycles. The molecule has 0 spiro atoms. The summed E-state index contributed by atoms with van der Waals surface area (Å²) < 4.78 is 5.81. The highest BCUT2D eigenvalue weighted by atomic mass is 16.5. The van der Waals surface area contributed by atoms with Crippen molar-refractivity contribution in [3.05, 3.63) is 35.4 Å². The predicted molar refractivity (Wildman–Crippen MR) is 70.1 cm³/mol. The normalized spacial score (nSPS) is 23.7. The van der Waals surface area contributed by atoms with Gasteiger partial charge in [0.25, 0.3) is 0 Å². The fourth-order valence-electron chi connectivity index (χ4n) is 2.28. The van der Waals surface area contributed by atoms with Gasteiger partial charge in [-0.1, -0.05) is 29.8 Å². The summed E-state index contributed by atoms with van der Waals surface area (Å²) in [6.07, 6.45) is 1.84. The van der Waals surface area contributed by atoms with Crippen LogP contribution in [-0.4, -0.2) is 25.1 Å². The molecule has 0 bridgehead atoms. The highest BCUT2D eigenvalue weighted by Crippen LogP contribution is 2.28. The zero-order valence-electron chi connectivity index (χ0n) is 10.7. The molecule has 1 aliphatic rings. The van der Waals surface area contributed by atoms with E-state index in [9.17, 15) is 4.79 Å². The molecule has 1 aromatic carbocycles. The van der Waals surface area contributed by atoms with Gasteiger partial charge in [-0.25, -0.2) is 0 Å². The number of rotatable bonds is 3. The summed E-state index contributed by atoms with van der Waals surface area (Å²) in [6, 6.07) is 8.28. The SMILES string of the molecule is Cc1ccc(C2OCCCC2NC(=O)CN)cc1. The van der Waals surface area contributed by atoms with Gasteiger partial charge in [0.15, 0.2) is 0 Å². The van der Waals surface area contributed by atoms with Crippen LogP contribution in [0.25, 0.3) is 0 Å². The average Bonchev–Trinajstić information content (AvgIpc) is 2.40. The number of carbonyl (C=O) groups excluding carboxylic acids is 1. The van der Waals surface area contributed by atoms with E-state index in [0.29, 0.717) is 0 Å². The van der Waals surface area contributed by atoms with E-state index >= 15 is 0 Å². The van der Waals surface area contributed by atoms with Crippen molar-refractivity contribution in [2.75, 3.05) is 13.2 Å². The Balaban J connectivity index is 2.12. The molecule has 2 atom stereocenters. The fourth-order valence-corrected chi connectivity index (χ4v) is 2.28. The largest absolute Gasteiger partial charge is 0.371 e. The van der Waals surface area contributed by atoms with Crippen LogP contribution in [0.2, 0.25) is 0 Å². The van der Waals surface area contributed by atoms with E-state index in [1.54, 1.807) is 0 Å². The molecule has 1 amide bonds. The molecule has 1 aromatic rings. The van der Waals surface area contributed by atoms with Crippen LogP contribution in [0.5, 0.6) is 0 Å². The summed E-state index contributed by atoms with van der Waals surface area (Å²) in [4.78, 5) is 11.4. The van der Waals surface area contributed by atoms with Gasteiger partial charge in [-0.05, 0) is 25.3 Å². The Morgan fingerprint density at radius 2 is 2.17 bits per heavy atom. The van der Waals surface area contributed by atoms with Crippen molar-refractivity contribution in [2.45, 2.75) is 31.9 Å². The quantitative estimate of drug-likeness (QED) is 0.847. The van der Waals surface area contributed by atoms with Crippen molar-refractivity contribution >= 4 is 5.91 Å². The number of amides is 1. The van der Waals surface area contributed by atoms with E-state index in [2.05, 4.69) is 36.5 Å². The summed E-state index contributed by atoms with van der Waals surface area (Å²) in [5, 5.41) is 2.94. The van der Waals surface area contributed by atoms with Crippen LogP contribution in [0, 0.1) is 6.92 Å².